The van der Waals surface area contributed by atoms with Crippen molar-refractivity contribution in [3.8, 4) is 5.75 Å². The van der Waals surface area contributed by atoms with Gasteiger partial charge in [-0.25, -0.2) is 13.1 Å². The molecule has 0 aliphatic carbocycles. The van der Waals surface area contributed by atoms with Gasteiger partial charge in [-0.15, -0.1) is 0 Å². The number of carbonyl (C=O) groups excluding carboxylic acids is 2. The second-order valence-corrected chi connectivity index (χ2v) is 12.0. The van der Waals surface area contributed by atoms with Crippen molar-refractivity contribution in [1.82, 2.24) is 15.0 Å². The number of fused-ring (bicyclic) bond motifs is 1. The lowest BCUT2D eigenvalue weighted by Gasteiger charge is -2.17. The van der Waals surface area contributed by atoms with Crippen LogP contribution in [0.2, 0.25) is 0 Å². The summed E-state index contributed by atoms with van der Waals surface area (Å²) in [6, 6.07) is 17.6. The second kappa shape index (κ2) is 12.6. The molecule has 41 heavy (non-hydrogen) atoms. The average molecular weight is 576 g/mol. The lowest BCUT2D eigenvalue weighted by Crippen LogP contribution is -2.31. The first-order valence-corrected chi connectivity index (χ1v) is 15.2. The Morgan fingerprint density at radius 1 is 1.00 bits per heavy atom. The van der Waals surface area contributed by atoms with E-state index in [2.05, 4.69) is 28.0 Å². The molecule has 0 aliphatic heterocycles. The van der Waals surface area contributed by atoms with Gasteiger partial charge in [0.2, 0.25) is 5.91 Å². The molecule has 2 unspecified atom stereocenters. The number of carbonyl (C=O) groups is 2. The quantitative estimate of drug-likeness (QED) is 0.220. The summed E-state index contributed by atoms with van der Waals surface area (Å²) >= 11 is 0. The summed E-state index contributed by atoms with van der Waals surface area (Å²) in [5.41, 5.74) is 4.66. The molecular formula is C32H37N3O5S. The third-order valence-corrected chi connectivity index (χ3v) is 8.85. The fourth-order valence-corrected chi connectivity index (χ4v) is 6.24. The monoisotopic (exact) mass is 575 g/mol. The summed E-state index contributed by atoms with van der Waals surface area (Å²) in [5, 5.41) is 4.01. The van der Waals surface area contributed by atoms with E-state index in [1.807, 2.05) is 32.2 Å². The largest absolute Gasteiger partial charge is 0.496 e. The van der Waals surface area contributed by atoms with Gasteiger partial charge in [0.1, 0.15) is 5.75 Å². The van der Waals surface area contributed by atoms with Crippen molar-refractivity contribution in [2.24, 2.45) is 5.92 Å². The highest BCUT2D eigenvalue weighted by Gasteiger charge is 2.23. The number of methoxy groups -OCH3 is 1. The Morgan fingerprint density at radius 3 is 2.46 bits per heavy atom. The highest BCUT2D eigenvalue weighted by atomic mass is 32.2. The van der Waals surface area contributed by atoms with E-state index < -0.39 is 15.9 Å². The van der Waals surface area contributed by atoms with Crippen molar-refractivity contribution >= 4 is 32.7 Å². The van der Waals surface area contributed by atoms with Gasteiger partial charge < -0.3 is 15.0 Å². The number of H-pyrrole nitrogens is 1. The zero-order valence-electron chi connectivity index (χ0n) is 24.1. The number of aromatic nitrogens is 1. The Hall–Kier alpha value is -4.11. The van der Waals surface area contributed by atoms with Crippen LogP contribution >= 0.6 is 0 Å². The molecule has 216 valence electrons. The van der Waals surface area contributed by atoms with Crippen molar-refractivity contribution < 1.29 is 22.7 Å². The van der Waals surface area contributed by atoms with Crippen LogP contribution in [-0.2, 0) is 21.2 Å². The normalized spacial score (nSPS) is 13.0. The first-order valence-electron chi connectivity index (χ1n) is 13.7. The number of hydrogen-bond acceptors (Lipinski definition) is 5. The van der Waals surface area contributed by atoms with Gasteiger partial charge in [-0.2, -0.15) is 0 Å². The maximum Gasteiger partial charge on any atom is 0.265 e. The van der Waals surface area contributed by atoms with Crippen molar-refractivity contribution in [3.05, 3.63) is 94.7 Å². The molecule has 1 aromatic heterocycles. The smallest absolute Gasteiger partial charge is 0.265 e. The van der Waals surface area contributed by atoms with E-state index in [0.29, 0.717) is 24.3 Å². The molecule has 2 atom stereocenters. The SMILES string of the molecule is CCCNC(=O)C(C)Cc1ccc2[nH]cc(C(C)c3ccc(C(=O)NS(=O)(=O)c4ccccc4C)cc3OC)c2c1. The fraction of sp³-hybridized carbons (Fsp3) is 0.312. The number of nitrogens with one attached hydrogen (secondary N) is 3. The van der Waals surface area contributed by atoms with Crippen molar-refractivity contribution in [2.75, 3.05) is 13.7 Å². The van der Waals surface area contributed by atoms with Crippen molar-refractivity contribution in [3.63, 3.8) is 0 Å². The van der Waals surface area contributed by atoms with Crippen LogP contribution in [-0.4, -0.2) is 38.9 Å². The third-order valence-electron chi connectivity index (χ3n) is 7.36. The Labute approximate surface area is 241 Å². The molecule has 4 rings (SSSR count). The van der Waals surface area contributed by atoms with Crippen LogP contribution in [0.1, 0.15) is 65.7 Å². The van der Waals surface area contributed by atoms with Gasteiger partial charge in [0, 0.05) is 46.6 Å². The average Bonchev–Trinajstić information content (AvgIpc) is 3.38. The molecule has 4 aromatic rings. The maximum absolute atomic E-state index is 13.0. The van der Waals surface area contributed by atoms with Gasteiger partial charge >= 0.3 is 0 Å². The standard InChI is InChI=1S/C32H37N3O5S/c1-6-15-33-31(36)21(3)16-23-11-14-28-26(17-23)27(19-34-28)22(4)25-13-12-24(18-29(25)40-5)32(37)35-41(38,39)30-10-8-7-9-20(30)2/h7-14,17-19,21-22,34H,6,15-16H2,1-5H3,(H,33,36)(H,35,37). The van der Waals surface area contributed by atoms with E-state index in [4.69, 9.17) is 4.74 Å². The maximum atomic E-state index is 13.0. The van der Waals surface area contributed by atoms with Gasteiger partial charge in [-0.3, -0.25) is 9.59 Å². The highest BCUT2D eigenvalue weighted by molar-refractivity contribution is 7.90. The van der Waals surface area contributed by atoms with Gasteiger partial charge in [0.15, 0.2) is 0 Å². The van der Waals surface area contributed by atoms with Gasteiger partial charge in [-0.1, -0.05) is 51.1 Å². The van der Waals surface area contributed by atoms with E-state index in [1.165, 1.54) is 13.2 Å². The molecule has 0 saturated heterocycles. The Balaban J connectivity index is 1.58. The molecule has 0 spiro atoms. The number of aromatic amines is 1. The second-order valence-electron chi connectivity index (χ2n) is 10.4. The fourth-order valence-electron chi connectivity index (χ4n) is 5.01. The number of sulfonamides is 1. The lowest BCUT2D eigenvalue weighted by atomic mass is 9.90. The topological polar surface area (TPSA) is 117 Å². The Kier molecular flexibility index (Phi) is 9.18. The first kappa shape index (κ1) is 29.9. The van der Waals surface area contributed by atoms with E-state index in [9.17, 15) is 18.0 Å². The molecule has 3 N–H and O–H groups in total. The molecule has 0 saturated carbocycles. The van der Waals surface area contributed by atoms with Crippen LogP contribution in [0, 0.1) is 12.8 Å². The molecule has 0 fully saturated rings. The van der Waals surface area contributed by atoms with Crippen LogP contribution < -0.4 is 14.8 Å². The molecule has 1 heterocycles. The zero-order chi connectivity index (χ0) is 29.7. The Bertz CT molecular complexity index is 1680. The zero-order valence-corrected chi connectivity index (χ0v) is 24.9. The van der Waals surface area contributed by atoms with Crippen molar-refractivity contribution in [1.29, 1.82) is 0 Å². The van der Waals surface area contributed by atoms with Gasteiger partial charge in [0.05, 0.1) is 12.0 Å². The summed E-state index contributed by atoms with van der Waals surface area (Å²) in [5.74, 6) is -0.459. The third kappa shape index (κ3) is 6.62. The number of hydrogen-bond donors (Lipinski definition) is 3. The molecule has 3 aromatic carbocycles. The molecular weight excluding hydrogens is 538 g/mol. The number of aryl methyl sites for hydroxylation is 1. The van der Waals surface area contributed by atoms with Crippen LogP contribution in [0.4, 0.5) is 0 Å². The summed E-state index contributed by atoms with van der Waals surface area (Å²) in [6.07, 6.45) is 3.49. The summed E-state index contributed by atoms with van der Waals surface area (Å²) in [7, 11) is -2.51. The van der Waals surface area contributed by atoms with E-state index >= 15 is 0 Å². The minimum Gasteiger partial charge on any atom is -0.496 e. The molecule has 0 radical (unpaired) electrons. The van der Waals surface area contributed by atoms with E-state index in [0.717, 1.165) is 34.0 Å². The molecule has 0 bridgehead atoms. The van der Waals surface area contributed by atoms with Crippen LogP contribution in [0.3, 0.4) is 0 Å². The van der Waals surface area contributed by atoms with Crippen molar-refractivity contribution in [2.45, 2.75) is 51.3 Å². The van der Waals surface area contributed by atoms with Crippen LogP contribution in [0.25, 0.3) is 10.9 Å². The van der Waals surface area contributed by atoms with E-state index in [1.54, 1.807) is 43.3 Å². The molecule has 0 aliphatic rings. The molecule has 9 heteroatoms. The predicted octanol–water partition coefficient (Wildman–Crippen LogP) is 5.46. The number of benzene rings is 3. The Morgan fingerprint density at radius 2 is 1.76 bits per heavy atom. The molecule has 2 amide bonds. The number of rotatable bonds is 11. The minimum atomic E-state index is -4.04. The summed E-state index contributed by atoms with van der Waals surface area (Å²) in [4.78, 5) is 28.7. The first-order chi connectivity index (χ1) is 19.6. The lowest BCUT2D eigenvalue weighted by molar-refractivity contribution is -0.124. The predicted molar refractivity (Wildman–Crippen MR) is 161 cm³/mol. The van der Waals surface area contributed by atoms with Gasteiger partial charge in [0.25, 0.3) is 15.9 Å². The van der Waals surface area contributed by atoms with Gasteiger partial charge in [-0.05, 0) is 66.8 Å². The van der Waals surface area contributed by atoms with Crippen LogP contribution in [0.15, 0.2) is 71.8 Å². The van der Waals surface area contributed by atoms with E-state index in [-0.39, 0.29) is 28.2 Å². The number of amides is 2. The minimum absolute atomic E-state index is 0.0511. The highest BCUT2D eigenvalue weighted by Crippen LogP contribution is 2.36. The van der Waals surface area contributed by atoms with Crippen LogP contribution in [0.5, 0.6) is 5.75 Å². The summed E-state index contributed by atoms with van der Waals surface area (Å²) in [6.45, 7) is 8.37. The summed E-state index contributed by atoms with van der Waals surface area (Å²) < 4.78 is 33.5. The molecule has 8 nitrogen and oxygen atoms in total. The number of ether oxygens (including phenoxy) is 1.